The number of amides is 2. The molecule has 0 unspecified atom stereocenters. The van der Waals surface area contributed by atoms with Crippen molar-refractivity contribution in [1.29, 1.82) is 0 Å². The fourth-order valence-corrected chi connectivity index (χ4v) is 3.09. The van der Waals surface area contributed by atoms with Gasteiger partial charge in [0.2, 0.25) is 11.8 Å². The molecule has 2 rings (SSSR count). The van der Waals surface area contributed by atoms with E-state index in [-0.39, 0.29) is 24.6 Å². The van der Waals surface area contributed by atoms with Crippen LogP contribution in [0.2, 0.25) is 5.02 Å². The minimum atomic E-state index is -0.756. The Hall–Kier alpha value is -2.93. The van der Waals surface area contributed by atoms with Crippen LogP contribution in [0.3, 0.4) is 0 Å². The molecule has 154 valence electrons. The molecule has 29 heavy (non-hydrogen) atoms. The highest BCUT2D eigenvalue weighted by Crippen LogP contribution is 2.22. The van der Waals surface area contributed by atoms with Crippen LogP contribution in [-0.2, 0) is 22.6 Å². The standard InChI is InChI=1S/C21H24ClN3O4/c1-3-12-23-21(27)15(2)24(14-17-9-4-6-10-18(17)22)20(26)13-16-8-5-7-11-19(16)25(28)29/h4-11,15H,3,12-14H2,1-2H3,(H,23,27)/t15-/m0/s1. The van der Waals surface area contributed by atoms with Gasteiger partial charge in [-0.3, -0.25) is 19.7 Å². The molecule has 0 aliphatic rings. The van der Waals surface area contributed by atoms with Crippen molar-refractivity contribution in [2.45, 2.75) is 39.3 Å². The Morgan fingerprint density at radius 2 is 1.76 bits per heavy atom. The van der Waals surface area contributed by atoms with Gasteiger partial charge in [0.05, 0.1) is 11.3 Å². The smallest absolute Gasteiger partial charge is 0.273 e. The molecule has 0 saturated heterocycles. The van der Waals surface area contributed by atoms with Crippen LogP contribution >= 0.6 is 11.6 Å². The van der Waals surface area contributed by atoms with Gasteiger partial charge >= 0.3 is 0 Å². The number of halogens is 1. The summed E-state index contributed by atoms with van der Waals surface area (Å²) >= 11 is 6.24. The second kappa shape index (κ2) is 10.6. The van der Waals surface area contributed by atoms with E-state index in [2.05, 4.69) is 5.32 Å². The molecule has 0 saturated carbocycles. The van der Waals surface area contributed by atoms with Gasteiger partial charge in [0.15, 0.2) is 0 Å². The molecular weight excluding hydrogens is 394 g/mol. The molecule has 8 heteroatoms. The Kier molecular flexibility index (Phi) is 8.15. The molecule has 0 aliphatic heterocycles. The molecule has 0 heterocycles. The van der Waals surface area contributed by atoms with Crippen LogP contribution in [0, 0.1) is 10.1 Å². The molecule has 2 amide bonds. The van der Waals surface area contributed by atoms with Crippen molar-refractivity contribution in [3.8, 4) is 0 Å². The highest BCUT2D eigenvalue weighted by molar-refractivity contribution is 6.31. The minimum absolute atomic E-state index is 0.123. The van der Waals surface area contributed by atoms with Gasteiger partial charge in [-0.05, 0) is 25.0 Å². The zero-order valence-corrected chi connectivity index (χ0v) is 17.2. The van der Waals surface area contributed by atoms with Crippen molar-refractivity contribution >= 4 is 29.1 Å². The molecule has 0 fully saturated rings. The molecule has 1 N–H and O–H groups in total. The number of benzene rings is 2. The predicted molar refractivity (Wildman–Crippen MR) is 112 cm³/mol. The summed E-state index contributed by atoms with van der Waals surface area (Å²) in [5, 5.41) is 14.5. The third kappa shape index (κ3) is 6.02. The topological polar surface area (TPSA) is 92.6 Å². The van der Waals surface area contributed by atoms with Crippen LogP contribution in [0.4, 0.5) is 5.69 Å². The SMILES string of the molecule is CCCNC(=O)[C@H](C)N(Cc1ccccc1Cl)C(=O)Cc1ccccc1[N+](=O)[O-]. The number of hydrogen-bond donors (Lipinski definition) is 1. The summed E-state index contributed by atoms with van der Waals surface area (Å²) < 4.78 is 0. The van der Waals surface area contributed by atoms with Crippen LogP contribution < -0.4 is 5.32 Å². The van der Waals surface area contributed by atoms with Crippen LogP contribution in [0.5, 0.6) is 0 Å². The van der Waals surface area contributed by atoms with Crippen molar-refractivity contribution in [3.63, 3.8) is 0 Å². The Morgan fingerprint density at radius 1 is 1.14 bits per heavy atom. The van der Waals surface area contributed by atoms with E-state index in [0.717, 1.165) is 6.42 Å². The van der Waals surface area contributed by atoms with Gasteiger partial charge in [0, 0.05) is 29.7 Å². The lowest BCUT2D eigenvalue weighted by Crippen LogP contribution is -2.48. The van der Waals surface area contributed by atoms with E-state index in [1.165, 1.54) is 11.0 Å². The number of para-hydroxylation sites is 1. The average molecular weight is 418 g/mol. The van der Waals surface area contributed by atoms with E-state index < -0.39 is 16.9 Å². The van der Waals surface area contributed by atoms with Gasteiger partial charge in [-0.2, -0.15) is 0 Å². The maximum absolute atomic E-state index is 13.1. The van der Waals surface area contributed by atoms with Gasteiger partial charge in [-0.25, -0.2) is 0 Å². The highest BCUT2D eigenvalue weighted by atomic mass is 35.5. The normalized spacial score (nSPS) is 11.6. The fraction of sp³-hybridized carbons (Fsp3) is 0.333. The summed E-state index contributed by atoms with van der Waals surface area (Å²) in [6.07, 6.45) is 0.583. The Balaban J connectivity index is 2.31. The number of nitrogens with zero attached hydrogens (tertiary/aromatic N) is 2. The first-order valence-corrected chi connectivity index (χ1v) is 9.75. The molecule has 0 aliphatic carbocycles. The van der Waals surface area contributed by atoms with Gasteiger partial charge in [-0.1, -0.05) is 54.9 Å². The second-order valence-corrected chi connectivity index (χ2v) is 7.05. The van der Waals surface area contributed by atoms with E-state index in [1.807, 2.05) is 6.92 Å². The number of nitrogens with one attached hydrogen (secondary N) is 1. The predicted octanol–water partition coefficient (Wildman–Crippen LogP) is 3.73. The molecule has 7 nitrogen and oxygen atoms in total. The van der Waals surface area contributed by atoms with E-state index in [0.29, 0.717) is 22.7 Å². The van der Waals surface area contributed by atoms with Crippen molar-refractivity contribution in [3.05, 3.63) is 74.8 Å². The van der Waals surface area contributed by atoms with Gasteiger partial charge in [-0.15, -0.1) is 0 Å². The van der Waals surface area contributed by atoms with Gasteiger partial charge in [0.1, 0.15) is 6.04 Å². The fourth-order valence-electron chi connectivity index (χ4n) is 2.89. The van der Waals surface area contributed by atoms with Crippen LogP contribution in [-0.4, -0.2) is 34.2 Å². The Labute approximate surface area is 174 Å². The van der Waals surface area contributed by atoms with Crippen LogP contribution in [0.1, 0.15) is 31.4 Å². The zero-order valence-electron chi connectivity index (χ0n) is 16.4. The summed E-state index contributed by atoms with van der Waals surface area (Å²) in [4.78, 5) is 37.8. The molecule has 2 aromatic rings. The molecule has 0 bridgehead atoms. The first-order valence-electron chi connectivity index (χ1n) is 9.38. The second-order valence-electron chi connectivity index (χ2n) is 6.64. The van der Waals surface area contributed by atoms with E-state index in [9.17, 15) is 19.7 Å². The monoisotopic (exact) mass is 417 g/mol. The van der Waals surface area contributed by atoms with Crippen molar-refractivity contribution in [1.82, 2.24) is 10.2 Å². The quantitative estimate of drug-likeness (QED) is 0.497. The van der Waals surface area contributed by atoms with Crippen LogP contribution in [0.25, 0.3) is 0 Å². The van der Waals surface area contributed by atoms with Gasteiger partial charge < -0.3 is 10.2 Å². The van der Waals surface area contributed by atoms with Crippen LogP contribution in [0.15, 0.2) is 48.5 Å². The Morgan fingerprint density at radius 3 is 2.38 bits per heavy atom. The molecule has 2 aromatic carbocycles. The first kappa shape index (κ1) is 22.4. The highest BCUT2D eigenvalue weighted by Gasteiger charge is 2.28. The summed E-state index contributed by atoms with van der Waals surface area (Å²) in [7, 11) is 0. The zero-order chi connectivity index (χ0) is 21.4. The van der Waals surface area contributed by atoms with E-state index in [4.69, 9.17) is 11.6 Å². The van der Waals surface area contributed by atoms with Crippen molar-refractivity contribution in [2.24, 2.45) is 0 Å². The molecule has 1 atom stereocenters. The number of rotatable bonds is 9. The summed E-state index contributed by atoms with van der Waals surface area (Å²) in [6.45, 7) is 4.20. The first-order chi connectivity index (χ1) is 13.8. The van der Waals surface area contributed by atoms with E-state index >= 15 is 0 Å². The minimum Gasteiger partial charge on any atom is -0.354 e. The lowest BCUT2D eigenvalue weighted by Gasteiger charge is -2.29. The van der Waals surface area contributed by atoms with Crippen molar-refractivity contribution in [2.75, 3.05) is 6.54 Å². The summed E-state index contributed by atoms with van der Waals surface area (Å²) in [6, 6.07) is 12.4. The lowest BCUT2D eigenvalue weighted by molar-refractivity contribution is -0.385. The number of carbonyl (C=O) groups is 2. The third-order valence-electron chi connectivity index (χ3n) is 4.55. The number of hydrogen-bond acceptors (Lipinski definition) is 4. The largest absolute Gasteiger partial charge is 0.354 e. The summed E-state index contributed by atoms with van der Waals surface area (Å²) in [5.41, 5.74) is 0.870. The third-order valence-corrected chi connectivity index (χ3v) is 4.91. The summed E-state index contributed by atoms with van der Waals surface area (Å²) in [5.74, 6) is -0.673. The molecule has 0 spiro atoms. The van der Waals surface area contributed by atoms with Gasteiger partial charge in [0.25, 0.3) is 5.69 Å². The number of nitro benzene ring substituents is 1. The van der Waals surface area contributed by atoms with Crippen molar-refractivity contribution < 1.29 is 14.5 Å². The number of nitro groups is 1. The number of carbonyl (C=O) groups excluding carboxylic acids is 2. The lowest BCUT2D eigenvalue weighted by atomic mass is 10.1. The molecule has 0 aromatic heterocycles. The van der Waals surface area contributed by atoms with E-state index in [1.54, 1.807) is 49.4 Å². The Bertz CT molecular complexity index is 888. The average Bonchev–Trinajstić information content (AvgIpc) is 2.71. The maximum atomic E-state index is 13.1. The molecular formula is C21H24ClN3O4. The maximum Gasteiger partial charge on any atom is 0.273 e. The molecule has 0 radical (unpaired) electrons.